The third-order valence-electron chi connectivity index (χ3n) is 4.31. The summed E-state index contributed by atoms with van der Waals surface area (Å²) < 4.78 is 0.821. The molecule has 0 unspecified atom stereocenters. The van der Waals surface area contributed by atoms with Crippen molar-refractivity contribution in [2.45, 2.75) is 19.3 Å². The number of pyridine rings is 1. The Labute approximate surface area is 159 Å². The van der Waals surface area contributed by atoms with Gasteiger partial charge in [0.05, 0.1) is 28.8 Å². The fourth-order valence-corrected chi connectivity index (χ4v) is 3.13. The van der Waals surface area contributed by atoms with Crippen molar-refractivity contribution in [3.8, 4) is 11.8 Å². The molecule has 0 aliphatic heterocycles. The van der Waals surface area contributed by atoms with Crippen molar-refractivity contribution in [3.05, 3.63) is 69.8 Å². The van der Waals surface area contributed by atoms with Gasteiger partial charge in [0.15, 0.2) is 0 Å². The van der Waals surface area contributed by atoms with E-state index >= 15 is 0 Å². The SMILES string of the molecule is CC(C)(C#N)c1ccc(/C(=N\O)c2c(O)cnc3ccc(Br)cc23)cc1. The maximum absolute atomic E-state index is 10.4. The molecule has 0 fully saturated rings. The molecule has 3 aromatic rings. The minimum atomic E-state index is -0.620. The van der Waals surface area contributed by atoms with Crippen LogP contribution in [0, 0.1) is 11.3 Å². The summed E-state index contributed by atoms with van der Waals surface area (Å²) in [5.41, 5.74) is 2.15. The summed E-state index contributed by atoms with van der Waals surface area (Å²) in [5, 5.41) is 33.4. The number of nitriles is 1. The number of oxime groups is 1. The standard InChI is InChI=1S/C20H16BrN3O2/c1-20(2,11-22)13-5-3-12(4-6-13)19(24-26)18-15-9-14(21)7-8-16(15)23-10-17(18)25/h3-10,25-26H,1-2H3/b24-19+. The second kappa shape index (κ2) is 6.77. The van der Waals surface area contributed by atoms with Crippen molar-refractivity contribution in [1.29, 1.82) is 5.26 Å². The lowest BCUT2D eigenvalue weighted by Crippen LogP contribution is -2.14. The number of hydrogen-bond acceptors (Lipinski definition) is 5. The highest BCUT2D eigenvalue weighted by atomic mass is 79.9. The highest BCUT2D eigenvalue weighted by Gasteiger charge is 2.21. The number of fused-ring (bicyclic) bond motifs is 1. The molecule has 0 saturated heterocycles. The van der Waals surface area contributed by atoms with Crippen LogP contribution < -0.4 is 0 Å². The molecule has 1 aromatic heterocycles. The first-order chi connectivity index (χ1) is 12.4. The largest absolute Gasteiger partial charge is 0.506 e. The molecule has 6 heteroatoms. The summed E-state index contributed by atoms with van der Waals surface area (Å²) in [4.78, 5) is 4.21. The van der Waals surface area contributed by atoms with Crippen LogP contribution in [0.25, 0.3) is 10.9 Å². The Hall–Kier alpha value is -2.91. The first-order valence-corrected chi connectivity index (χ1v) is 8.68. The third kappa shape index (κ3) is 3.14. The molecule has 2 aromatic carbocycles. The topological polar surface area (TPSA) is 89.5 Å². The molecule has 0 amide bonds. The van der Waals surface area contributed by atoms with Crippen LogP contribution in [0.1, 0.15) is 30.5 Å². The number of aromatic hydroxyl groups is 1. The number of rotatable bonds is 3. The lowest BCUT2D eigenvalue weighted by molar-refractivity contribution is 0.319. The normalized spacial score (nSPS) is 12.2. The summed E-state index contributed by atoms with van der Waals surface area (Å²) >= 11 is 3.42. The molecule has 2 N–H and O–H groups in total. The van der Waals surface area contributed by atoms with Crippen LogP contribution in [0.5, 0.6) is 5.75 Å². The van der Waals surface area contributed by atoms with Crippen molar-refractivity contribution >= 4 is 32.5 Å². The van der Waals surface area contributed by atoms with Crippen LogP contribution in [0.4, 0.5) is 0 Å². The molecule has 0 aliphatic rings. The van der Waals surface area contributed by atoms with E-state index in [1.165, 1.54) is 6.20 Å². The fourth-order valence-electron chi connectivity index (χ4n) is 2.76. The molecule has 130 valence electrons. The van der Waals surface area contributed by atoms with E-state index in [9.17, 15) is 15.6 Å². The van der Waals surface area contributed by atoms with Gasteiger partial charge in [0, 0.05) is 15.4 Å². The summed E-state index contributed by atoms with van der Waals surface area (Å²) in [6.45, 7) is 3.67. The number of benzene rings is 2. The average molecular weight is 410 g/mol. The van der Waals surface area contributed by atoms with Gasteiger partial charge < -0.3 is 10.3 Å². The van der Waals surface area contributed by atoms with Gasteiger partial charge in [-0.2, -0.15) is 5.26 Å². The van der Waals surface area contributed by atoms with Crippen molar-refractivity contribution in [2.75, 3.05) is 0 Å². The van der Waals surface area contributed by atoms with Crippen molar-refractivity contribution in [2.24, 2.45) is 5.16 Å². The monoisotopic (exact) mass is 409 g/mol. The lowest BCUT2D eigenvalue weighted by atomic mass is 9.85. The smallest absolute Gasteiger partial charge is 0.144 e. The maximum Gasteiger partial charge on any atom is 0.144 e. The minimum absolute atomic E-state index is 0.0789. The molecular weight excluding hydrogens is 394 g/mol. The molecule has 0 atom stereocenters. The molecule has 0 radical (unpaired) electrons. The minimum Gasteiger partial charge on any atom is -0.506 e. The Morgan fingerprint density at radius 1 is 1.19 bits per heavy atom. The van der Waals surface area contributed by atoms with Crippen LogP contribution in [0.15, 0.2) is 58.3 Å². The van der Waals surface area contributed by atoms with Crippen LogP contribution in [0.2, 0.25) is 0 Å². The molecule has 26 heavy (non-hydrogen) atoms. The van der Waals surface area contributed by atoms with E-state index in [1.807, 2.05) is 44.2 Å². The zero-order chi connectivity index (χ0) is 18.9. The molecule has 0 aliphatic carbocycles. The first-order valence-electron chi connectivity index (χ1n) is 7.89. The Morgan fingerprint density at radius 3 is 2.50 bits per heavy atom. The van der Waals surface area contributed by atoms with E-state index < -0.39 is 5.41 Å². The van der Waals surface area contributed by atoms with Gasteiger partial charge in [-0.15, -0.1) is 0 Å². The summed E-state index contributed by atoms with van der Waals surface area (Å²) in [6, 6.07) is 14.9. The molecule has 0 bridgehead atoms. The number of halogens is 1. The number of hydrogen-bond donors (Lipinski definition) is 2. The zero-order valence-electron chi connectivity index (χ0n) is 14.2. The second-order valence-corrected chi connectivity index (χ2v) is 7.36. The first kappa shape index (κ1) is 17.9. The molecule has 0 spiro atoms. The van der Waals surface area contributed by atoms with Crippen LogP contribution in [0.3, 0.4) is 0 Å². The van der Waals surface area contributed by atoms with Gasteiger partial charge in [-0.1, -0.05) is 45.4 Å². The number of nitrogens with zero attached hydrogens (tertiary/aromatic N) is 3. The van der Waals surface area contributed by atoms with E-state index in [0.29, 0.717) is 22.0 Å². The van der Waals surface area contributed by atoms with E-state index in [-0.39, 0.29) is 11.5 Å². The Kier molecular flexibility index (Phi) is 4.66. The molecule has 0 saturated carbocycles. The molecule has 1 heterocycles. The second-order valence-electron chi connectivity index (χ2n) is 6.44. The fraction of sp³-hybridized carbons (Fsp3) is 0.150. The zero-order valence-corrected chi connectivity index (χ0v) is 15.8. The Balaban J connectivity index is 2.17. The third-order valence-corrected chi connectivity index (χ3v) is 4.80. The van der Waals surface area contributed by atoms with Crippen molar-refractivity contribution in [1.82, 2.24) is 4.98 Å². The summed E-state index contributed by atoms with van der Waals surface area (Å²) in [6.07, 6.45) is 1.34. The van der Waals surface area contributed by atoms with Crippen molar-refractivity contribution < 1.29 is 10.3 Å². The van der Waals surface area contributed by atoms with E-state index in [4.69, 9.17) is 0 Å². The predicted molar refractivity (Wildman–Crippen MR) is 104 cm³/mol. The van der Waals surface area contributed by atoms with E-state index in [1.54, 1.807) is 12.1 Å². The lowest BCUT2D eigenvalue weighted by Gasteiger charge is -2.16. The van der Waals surface area contributed by atoms with Crippen molar-refractivity contribution in [3.63, 3.8) is 0 Å². The van der Waals surface area contributed by atoms with Gasteiger partial charge in [0.1, 0.15) is 11.5 Å². The Bertz CT molecular complexity index is 1050. The van der Waals surface area contributed by atoms with Gasteiger partial charge in [0.2, 0.25) is 0 Å². The highest BCUT2D eigenvalue weighted by Crippen LogP contribution is 2.31. The maximum atomic E-state index is 10.4. The molecular formula is C20H16BrN3O2. The molecule has 5 nitrogen and oxygen atoms in total. The van der Waals surface area contributed by atoms with E-state index in [0.717, 1.165) is 10.0 Å². The van der Waals surface area contributed by atoms with E-state index in [2.05, 4.69) is 32.1 Å². The highest BCUT2D eigenvalue weighted by molar-refractivity contribution is 9.10. The van der Waals surface area contributed by atoms with Crippen LogP contribution >= 0.6 is 15.9 Å². The van der Waals surface area contributed by atoms with Gasteiger partial charge >= 0.3 is 0 Å². The Morgan fingerprint density at radius 2 is 1.88 bits per heavy atom. The van der Waals surface area contributed by atoms with Gasteiger partial charge in [-0.05, 0) is 37.6 Å². The summed E-state index contributed by atoms with van der Waals surface area (Å²) in [7, 11) is 0. The molecule has 3 rings (SSSR count). The van der Waals surface area contributed by atoms with Gasteiger partial charge in [-0.25, -0.2) is 0 Å². The van der Waals surface area contributed by atoms with Crippen LogP contribution in [-0.2, 0) is 5.41 Å². The average Bonchev–Trinajstić information content (AvgIpc) is 2.64. The summed E-state index contributed by atoms with van der Waals surface area (Å²) in [5.74, 6) is -0.0789. The van der Waals surface area contributed by atoms with Gasteiger partial charge in [0.25, 0.3) is 0 Å². The van der Waals surface area contributed by atoms with Gasteiger partial charge in [-0.3, -0.25) is 4.98 Å². The number of aromatic nitrogens is 1. The predicted octanol–water partition coefficient (Wildman–Crippen LogP) is 4.73. The quantitative estimate of drug-likeness (QED) is 0.371. The van der Waals surface area contributed by atoms with Crippen LogP contribution in [-0.4, -0.2) is 21.0 Å².